The van der Waals surface area contributed by atoms with Crippen molar-refractivity contribution in [3.63, 3.8) is 0 Å². The Labute approximate surface area is 151 Å². The van der Waals surface area contributed by atoms with Crippen molar-refractivity contribution in [2.45, 2.75) is 25.4 Å². The number of H-pyrrole nitrogens is 1. The van der Waals surface area contributed by atoms with E-state index in [-0.39, 0.29) is 22.3 Å². The standard InChI is InChI=1S/C18H22N4O2S/c1-21-17(24)15(16(23)20-18(21)25)11-19-14-7-9-22(10-8-14)12-13-5-3-2-4-6-13/h2-6,11,14,24H,7-10,12H2,1H3,(H,20,23,25)/p+1. The zero-order valence-corrected chi connectivity index (χ0v) is 15.1. The van der Waals surface area contributed by atoms with E-state index in [9.17, 15) is 9.90 Å². The summed E-state index contributed by atoms with van der Waals surface area (Å²) in [6.07, 6.45) is 3.43. The first-order valence-corrected chi connectivity index (χ1v) is 8.88. The normalized spacial score (nSPS) is 20.8. The molecular formula is C18H23N4O2S+. The van der Waals surface area contributed by atoms with Gasteiger partial charge in [0.25, 0.3) is 5.56 Å². The van der Waals surface area contributed by atoms with Crippen LogP contribution in [0, 0.1) is 4.77 Å². The van der Waals surface area contributed by atoms with Crippen LogP contribution in [0.3, 0.4) is 0 Å². The number of hydrogen-bond donors (Lipinski definition) is 3. The molecule has 25 heavy (non-hydrogen) atoms. The molecule has 0 spiro atoms. The van der Waals surface area contributed by atoms with Gasteiger partial charge in [-0.3, -0.25) is 19.3 Å². The number of likely N-dealkylation sites (tertiary alicyclic amines) is 1. The molecule has 1 aromatic heterocycles. The van der Waals surface area contributed by atoms with Crippen molar-refractivity contribution in [1.82, 2.24) is 9.55 Å². The fourth-order valence-electron chi connectivity index (χ4n) is 3.14. The molecule has 0 unspecified atom stereocenters. The fourth-order valence-corrected chi connectivity index (χ4v) is 3.32. The van der Waals surface area contributed by atoms with Crippen LogP contribution < -0.4 is 10.5 Å². The smallest absolute Gasteiger partial charge is 0.264 e. The van der Waals surface area contributed by atoms with Crippen LogP contribution in [0.2, 0.25) is 0 Å². The highest BCUT2D eigenvalue weighted by atomic mass is 32.1. The number of nitrogens with one attached hydrogen (secondary N) is 2. The molecule has 3 N–H and O–H groups in total. The number of piperidine rings is 1. The second-order valence-corrected chi connectivity index (χ2v) is 6.86. The van der Waals surface area contributed by atoms with Crippen LogP contribution in [0.25, 0.3) is 0 Å². The molecule has 0 atom stereocenters. The van der Waals surface area contributed by atoms with Crippen molar-refractivity contribution in [3.8, 4) is 5.88 Å². The minimum atomic E-state index is -0.406. The molecule has 2 heterocycles. The number of aromatic hydroxyl groups is 1. The summed E-state index contributed by atoms with van der Waals surface area (Å²) in [6, 6.07) is 10.7. The molecule has 132 valence electrons. The van der Waals surface area contributed by atoms with Crippen molar-refractivity contribution >= 4 is 18.4 Å². The fraction of sp³-hybridized carbons (Fsp3) is 0.389. The third-order valence-corrected chi connectivity index (χ3v) is 5.08. The van der Waals surface area contributed by atoms with Gasteiger partial charge in [-0.2, -0.15) is 0 Å². The van der Waals surface area contributed by atoms with Crippen LogP contribution in [0.4, 0.5) is 0 Å². The van der Waals surface area contributed by atoms with Crippen LogP contribution in [-0.2, 0) is 13.6 Å². The lowest BCUT2D eigenvalue weighted by molar-refractivity contribution is -0.918. The zero-order valence-electron chi connectivity index (χ0n) is 14.2. The van der Waals surface area contributed by atoms with Crippen molar-refractivity contribution in [1.29, 1.82) is 0 Å². The summed E-state index contributed by atoms with van der Waals surface area (Å²) in [5.41, 5.74) is 1.11. The number of rotatable bonds is 4. The van der Waals surface area contributed by atoms with Crippen molar-refractivity contribution < 1.29 is 10.0 Å². The van der Waals surface area contributed by atoms with Gasteiger partial charge >= 0.3 is 0 Å². The molecule has 1 aromatic carbocycles. The number of aromatic amines is 1. The average molecular weight is 359 g/mol. The van der Waals surface area contributed by atoms with E-state index < -0.39 is 5.56 Å². The monoisotopic (exact) mass is 359 g/mol. The van der Waals surface area contributed by atoms with Crippen LogP contribution in [0.5, 0.6) is 5.88 Å². The number of aliphatic imine (C=N–C) groups is 1. The molecule has 1 fully saturated rings. The summed E-state index contributed by atoms with van der Waals surface area (Å²) >= 11 is 4.96. The van der Waals surface area contributed by atoms with Crippen molar-refractivity contribution in [2.24, 2.45) is 12.0 Å². The summed E-state index contributed by atoms with van der Waals surface area (Å²) < 4.78 is 1.56. The molecule has 0 amide bonds. The maximum absolute atomic E-state index is 12.0. The van der Waals surface area contributed by atoms with Gasteiger partial charge in [0.15, 0.2) is 4.77 Å². The molecular weight excluding hydrogens is 336 g/mol. The van der Waals surface area contributed by atoms with Gasteiger partial charge in [0.2, 0.25) is 5.88 Å². The van der Waals surface area contributed by atoms with E-state index in [0.717, 1.165) is 32.5 Å². The highest BCUT2D eigenvalue weighted by Gasteiger charge is 2.21. The van der Waals surface area contributed by atoms with E-state index in [1.807, 2.05) is 6.07 Å². The zero-order chi connectivity index (χ0) is 17.8. The van der Waals surface area contributed by atoms with Gasteiger partial charge in [-0.15, -0.1) is 0 Å². The lowest BCUT2D eigenvalue weighted by Crippen LogP contribution is -3.12. The summed E-state index contributed by atoms with van der Waals surface area (Å²) in [4.78, 5) is 20.6. The Morgan fingerprint density at radius 3 is 2.72 bits per heavy atom. The number of benzene rings is 1. The Balaban J connectivity index is 1.61. The Kier molecular flexibility index (Phi) is 5.45. The van der Waals surface area contributed by atoms with Gasteiger partial charge < -0.3 is 10.0 Å². The largest absolute Gasteiger partial charge is 0.494 e. The quantitative estimate of drug-likeness (QED) is 0.559. The van der Waals surface area contributed by atoms with E-state index in [1.54, 1.807) is 11.9 Å². The van der Waals surface area contributed by atoms with Crippen LogP contribution in [0.15, 0.2) is 40.1 Å². The van der Waals surface area contributed by atoms with E-state index in [1.165, 1.54) is 16.3 Å². The van der Waals surface area contributed by atoms with Gasteiger partial charge in [-0.1, -0.05) is 30.3 Å². The molecule has 0 aliphatic carbocycles. The van der Waals surface area contributed by atoms with Gasteiger partial charge in [-0.05, 0) is 12.2 Å². The predicted octanol–water partition coefficient (Wildman–Crippen LogP) is 0.815. The molecule has 6 nitrogen and oxygen atoms in total. The van der Waals surface area contributed by atoms with E-state index in [2.05, 4.69) is 34.2 Å². The predicted molar refractivity (Wildman–Crippen MR) is 100.0 cm³/mol. The molecule has 0 radical (unpaired) electrons. The molecule has 0 bridgehead atoms. The number of quaternary nitrogens is 1. The topological polar surface area (TPSA) is 74.8 Å². The minimum Gasteiger partial charge on any atom is -0.494 e. The third kappa shape index (κ3) is 4.24. The van der Waals surface area contributed by atoms with Crippen molar-refractivity contribution in [3.05, 3.63) is 56.6 Å². The Bertz CT molecular complexity index is 865. The van der Waals surface area contributed by atoms with E-state index in [0.29, 0.717) is 0 Å². The molecule has 1 saturated heterocycles. The lowest BCUT2D eigenvalue weighted by Gasteiger charge is -2.27. The maximum atomic E-state index is 12.0. The molecule has 7 heteroatoms. The number of aromatic nitrogens is 2. The van der Waals surface area contributed by atoms with Crippen LogP contribution in [0.1, 0.15) is 24.0 Å². The first-order valence-electron chi connectivity index (χ1n) is 8.47. The van der Waals surface area contributed by atoms with Gasteiger partial charge in [0.05, 0.1) is 19.1 Å². The molecule has 1 aliphatic heterocycles. The van der Waals surface area contributed by atoms with E-state index >= 15 is 0 Å². The molecule has 3 rings (SSSR count). The summed E-state index contributed by atoms with van der Waals surface area (Å²) in [5, 5.41) is 10.1. The van der Waals surface area contributed by atoms with Gasteiger partial charge in [0.1, 0.15) is 12.1 Å². The number of nitrogens with zero attached hydrogens (tertiary/aromatic N) is 2. The molecule has 1 aliphatic rings. The first-order chi connectivity index (χ1) is 12.0. The first kappa shape index (κ1) is 17.6. The minimum absolute atomic E-state index is 0.148. The van der Waals surface area contributed by atoms with Crippen LogP contribution >= 0.6 is 12.2 Å². The highest BCUT2D eigenvalue weighted by molar-refractivity contribution is 7.71. The Morgan fingerprint density at radius 2 is 2.04 bits per heavy atom. The summed E-state index contributed by atoms with van der Waals surface area (Å²) in [6.45, 7) is 3.14. The summed E-state index contributed by atoms with van der Waals surface area (Å²) in [5.74, 6) is -0.148. The third-order valence-electron chi connectivity index (χ3n) is 4.70. The number of hydrogen-bond acceptors (Lipinski definition) is 4. The van der Waals surface area contributed by atoms with Gasteiger partial charge in [0, 0.05) is 31.7 Å². The molecule has 0 saturated carbocycles. The SMILES string of the molecule is Cn1c(O)c(C=NC2CC[NH+](Cc3ccccc3)CC2)c(=O)[nH]c1=S. The lowest BCUT2D eigenvalue weighted by atomic mass is 10.0. The summed E-state index contributed by atoms with van der Waals surface area (Å²) in [7, 11) is 1.61. The highest BCUT2D eigenvalue weighted by Crippen LogP contribution is 2.11. The molecule has 2 aromatic rings. The van der Waals surface area contributed by atoms with Crippen molar-refractivity contribution in [2.75, 3.05) is 13.1 Å². The van der Waals surface area contributed by atoms with E-state index in [4.69, 9.17) is 12.2 Å². The Hall–Kier alpha value is -2.25. The van der Waals surface area contributed by atoms with Gasteiger partial charge in [-0.25, -0.2) is 0 Å². The average Bonchev–Trinajstić information content (AvgIpc) is 2.62. The van der Waals surface area contributed by atoms with Crippen LogP contribution in [-0.4, -0.2) is 40.0 Å². The maximum Gasteiger partial charge on any atom is 0.264 e. The second kappa shape index (κ2) is 7.76. The Morgan fingerprint density at radius 1 is 1.36 bits per heavy atom. The second-order valence-electron chi connectivity index (χ2n) is 6.48.